The first-order valence-electron chi connectivity index (χ1n) is 5.83. The summed E-state index contributed by atoms with van der Waals surface area (Å²) in [6.07, 6.45) is 3.30. The largest absolute Gasteiger partial charge is 0.383 e. The monoisotopic (exact) mass is 277 g/mol. The molecule has 2 rings (SSSR count). The van der Waals surface area contributed by atoms with Crippen LogP contribution in [0.2, 0.25) is 5.02 Å². The van der Waals surface area contributed by atoms with Gasteiger partial charge in [0.05, 0.1) is 16.8 Å². The fourth-order valence-electron chi connectivity index (χ4n) is 2.04. The van der Waals surface area contributed by atoms with E-state index < -0.39 is 0 Å². The number of hydrogen-bond acceptors (Lipinski definition) is 5. The van der Waals surface area contributed by atoms with Gasteiger partial charge in [0.25, 0.3) is 0 Å². The molecule has 2 aromatic heterocycles. The molecule has 0 radical (unpaired) electrons. The number of nitrogen functional groups attached to an aromatic ring is 1. The van der Waals surface area contributed by atoms with Gasteiger partial charge in [-0.05, 0) is 31.0 Å². The molecule has 19 heavy (non-hydrogen) atoms. The third-order valence-electron chi connectivity index (χ3n) is 2.92. The molecule has 2 heterocycles. The van der Waals surface area contributed by atoms with Gasteiger partial charge in [-0.15, -0.1) is 0 Å². The predicted molar refractivity (Wildman–Crippen MR) is 76.5 cm³/mol. The van der Waals surface area contributed by atoms with E-state index in [1.807, 2.05) is 19.9 Å². The Kier molecular flexibility index (Phi) is 3.99. The molecule has 0 saturated carbocycles. The lowest BCUT2D eigenvalue weighted by Gasteiger charge is -2.19. The first-order chi connectivity index (χ1) is 9.02. The summed E-state index contributed by atoms with van der Waals surface area (Å²) >= 11 is 5.96. The van der Waals surface area contributed by atoms with Gasteiger partial charge in [-0.1, -0.05) is 17.7 Å². The number of aromatic nitrogens is 2. The van der Waals surface area contributed by atoms with Gasteiger partial charge in [0, 0.05) is 18.0 Å². The summed E-state index contributed by atoms with van der Waals surface area (Å²) < 4.78 is 0. The lowest BCUT2D eigenvalue weighted by Crippen LogP contribution is -2.31. The first kappa shape index (κ1) is 13.7. The highest BCUT2D eigenvalue weighted by molar-refractivity contribution is 6.30. The van der Waals surface area contributed by atoms with Gasteiger partial charge in [0.2, 0.25) is 0 Å². The fraction of sp³-hybridized carbons (Fsp3) is 0.231. The molecule has 5 nitrogen and oxygen atoms in total. The third-order valence-corrected chi connectivity index (χ3v) is 3.13. The maximum atomic E-state index is 5.96. The van der Waals surface area contributed by atoms with Crippen LogP contribution in [0, 0.1) is 13.8 Å². The van der Waals surface area contributed by atoms with Crippen molar-refractivity contribution < 1.29 is 0 Å². The SMILES string of the molecule is Cc1cnc(C(NN)c2cc(Cl)cnc2N)c(C)c1. The summed E-state index contributed by atoms with van der Waals surface area (Å²) in [5.41, 5.74) is 12.3. The summed E-state index contributed by atoms with van der Waals surface area (Å²) in [4.78, 5) is 8.47. The van der Waals surface area contributed by atoms with Crippen LogP contribution < -0.4 is 17.0 Å². The minimum atomic E-state index is -0.341. The van der Waals surface area contributed by atoms with Gasteiger partial charge < -0.3 is 5.73 Å². The number of nitrogens with zero attached hydrogens (tertiary/aromatic N) is 2. The Morgan fingerprint density at radius 2 is 1.95 bits per heavy atom. The molecule has 0 bridgehead atoms. The molecule has 100 valence electrons. The summed E-state index contributed by atoms with van der Waals surface area (Å²) in [5.74, 6) is 6.03. The molecule has 0 aromatic carbocycles. The molecular formula is C13H16ClN5. The van der Waals surface area contributed by atoms with Gasteiger partial charge in [0.15, 0.2) is 0 Å². The number of anilines is 1. The maximum absolute atomic E-state index is 5.96. The van der Waals surface area contributed by atoms with Gasteiger partial charge in [-0.3, -0.25) is 10.8 Å². The molecule has 5 N–H and O–H groups in total. The van der Waals surface area contributed by atoms with Crippen LogP contribution in [0.3, 0.4) is 0 Å². The van der Waals surface area contributed by atoms with Crippen LogP contribution in [-0.4, -0.2) is 9.97 Å². The van der Waals surface area contributed by atoms with E-state index in [9.17, 15) is 0 Å². The molecule has 0 saturated heterocycles. The first-order valence-corrected chi connectivity index (χ1v) is 6.21. The Morgan fingerprint density at radius 3 is 2.58 bits per heavy atom. The predicted octanol–water partition coefficient (Wildman–Crippen LogP) is 1.88. The highest BCUT2D eigenvalue weighted by atomic mass is 35.5. The van der Waals surface area contributed by atoms with E-state index >= 15 is 0 Å². The van der Waals surface area contributed by atoms with E-state index in [4.69, 9.17) is 23.2 Å². The quantitative estimate of drug-likeness (QED) is 0.589. The average molecular weight is 278 g/mol. The van der Waals surface area contributed by atoms with Crippen molar-refractivity contribution >= 4 is 17.4 Å². The number of nitrogens with two attached hydrogens (primary N) is 2. The highest BCUT2D eigenvalue weighted by Crippen LogP contribution is 2.28. The summed E-state index contributed by atoms with van der Waals surface area (Å²) in [6.45, 7) is 3.97. The zero-order valence-electron chi connectivity index (χ0n) is 10.8. The molecule has 1 atom stereocenters. The minimum Gasteiger partial charge on any atom is -0.383 e. The third kappa shape index (κ3) is 2.84. The van der Waals surface area contributed by atoms with E-state index in [2.05, 4.69) is 15.4 Å². The topological polar surface area (TPSA) is 89.8 Å². The molecule has 0 aliphatic rings. The van der Waals surface area contributed by atoms with Crippen LogP contribution in [0.4, 0.5) is 5.82 Å². The van der Waals surface area contributed by atoms with Crippen LogP contribution in [-0.2, 0) is 0 Å². The van der Waals surface area contributed by atoms with E-state index in [1.54, 1.807) is 12.3 Å². The van der Waals surface area contributed by atoms with Crippen LogP contribution in [0.25, 0.3) is 0 Å². The number of rotatable bonds is 3. The molecule has 0 aliphatic heterocycles. The van der Waals surface area contributed by atoms with Gasteiger partial charge in [0.1, 0.15) is 5.82 Å². The van der Waals surface area contributed by atoms with Gasteiger partial charge in [-0.25, -0.2) is 10.4 Å². The Bertz CT molecular complexity index is 600. The number of halogens is 1. The smallest absolute Gasteiger partial charge is 0.128 e. The van der Waals surface area contributed by atoms with Gasteiger partial charge in [-0.2, -0.15) is 0 Å². The second-order valence-electron chi connectivity index (χ2n) is 4.44. The van der Waals surface area contributed by atoms with Crippen LogP contribution in [0.5, 0.6) is 0 Å². The number of hydrazine groups is 1. The van der Waals surface area contributed by atoms with E-state index in [1.165, 1.54) is 6.20 Å². The van der Waals surface area contributed by atoms with Crippen molar-refractivity contribution in [2.75, 3.05) is 5.73 Å². The highest BCUT2D eigenvalue weighted by Gasteiger charge is 2.19. The van der Waals surface area contributed by atoms with Crippen LogP contribution in [0.15, 0.2) is 24.5 Å². The molecule has 0 spiro atoms. The van der Waals surface area contributed by atoms with Crippen LogP contribution >= 0.6 is 11.6 Å². The van der Waals surface area contributed by atoms with Crippen LogP contribution in [0.1, 0.15) is 28.4 Å². The Balaban J connectivity index is 2.52. The number of aryl methyl sites for hydroxylation is 2. The zero-order chi connectivity index (χ0) is 14.0. The molecule has 0 aliphatic carbocycles. The van der Waals surface area contributed by atoms with E-state index in [0.29, 0.717) is 10.8 Å². The van der Waals surface area contributed by atoms with Crippen molar-refractivity contribution in [1.82, 2.24) is 15.4 Å². The van der Waals surface area contributed by atoms with Crippen molar-refractivity contribution in [3.05, 3.63) is 51.9 Å². The van der Waals surface area contributed by atoms with Crippen molar-refractivity contribution in [3.8, 4) is 0 Å². The average Bonchev–Trinajstić information content (AvgIpc) is 2.36. The lowest BCUT2D eigenvalue weighted by molar-refractivity contribution is 0.616. The normalized spacial score (nSPS) is 12.4. The van der Waals surface area contributed by atoms with E-state index in [-0.39, 0.29) is 6.04 Å². The lowest BCUT2D eigenvalue weighted by atomic mass is 10.0. The molecule has 0 amide bonds. The number of nitrogens with one attached hydrogen (secondary N) is 1. The summed E-state index contributed by atoms with van der Waals surface area (Å²) in [7, 11) is 0. The standard InChI is InChI=1S/C13H16ClN5/c1-7-3-8(2)11(17-5-7)12(19-16)10-4-9(14)6-18-13(10)15/h3-6,12,19H,16H2,1-2H3,(H2,15,18). The molecule has 2 aromatic rings. The van der Waals surface area contributed by atoms with Crippen molar-refractivity contribution in [3.63, 3.8) is 0 Å². The molecule has 1 unspecified atom stereocenters. The number of pyridine rings is 2. The number of hydrogen-bond donors (Lipinski definition) is 3. The summed E-state index contributed by atoms with van der Waals surface area (Å²) in [6, 6.07) is 3.45. The minimum absolute atomic E-state index is 0.341. The molecular weight excluding hydrogens is 262 g/mol. The molecule has 0 fully saturated rings. The van der Waals surface area contributed by atoms with Gasteiger partial charge >= 0.3 is 0 Å². The second-order valence-corrected chi connectivity index (χ2v) is 4.88. The van der Waals surface area contributed by atoms with Crippen molar-refractivity contribution in [2.24, 2.45) is 5.84 Å². The Morgan fingerprint density at radius 1 is 1.21 bits per heavy atom. The fourth-order valence-corrected chi connectivity index (χ4v) is 2.21. The second kappa shape index (κ2) is 5.52. The summed E-state index contributed by atoms with van der Waals surface area (Å²) in [5, 5.41) is 0.509. The molecule has 6 heteroatoms. The Labute approximate surface area is 117 Å². The zero-order valence-corrected chi connectivity index (χ0v) is 11.6. The maximum Gasteiger partial charge on any atom is 0.128 e. The van der Waals surface area contributed by atoms with E-state index in [0.717, 1.165) is 22.4 Å². The van der Waals surface area contributed by atoms with Crippen molar-refractivity contribution in [1.29, 1.82) is 0 Å². The Hall–Kier alpha value is -1.69. The van der Waals surface area contributed by atoms with Crippen molar-refractivity contribution in [2.45, 2.75) is 19.9 Å².